The molecule has 0 atom stereocenters. The number of hydrogen-bond donors (Lipinski definition) is 0. The predicted molar refractivity (Wildman–Crippen MR) is 115 cm³/mol. The minimum Gasteiger partial charge on any atom is -0.465 e. The molecule has 0 unspecified atom stereocenters. The molecule has 0 aromatic heterocycles. The molecule has 0 amide bonds. The Hall–Kier alpha value is -1.93. The highest BCUT2D eigenvalue weighted by Gasteiger charge is 2.53. The minimum absolute atomic E-state index is 0.185. The van der Waals surface area contributed by atoms with Crippen molar-refractivity contribution in [1.82, 2.24) is 0 Å². The second-order valence-electron chi connectivity index (χ2n) is 9.38. The number of rotatable bonds is 7. The van der Waals surface area contributed by atoms with Crippen LogP contribution in [0.3, 0.4) is 0 Å². The lowest BCUT2D eigenvalue weighted by atomic mass is 9.77. The molecule has 0 aliphatic heterocycles. The number of alkyl halides is 6. The molecule has 9 heteroatoms. The summed E-state index contributed by atoms with van der Waals surface area (Å²) in [5.74, 6) is -0.624. The molecule has 1 aromatic rings. The average molecular weight is 472 g/mol. The highest BCUT2D eigenvalue weighted by Crippen LogP contribution is 2.47. The maximum atomic E-state index is 13.6. The number of methoxy groups -OCH3 is 1. The molecule has 32 heavy (non-hydrogen) atoms. The van der Waals surface area contributed by atoms with Crippen LogP contribution >= 0.6 is 0 Å². The van der Waals surface area contributed by atoms with Crippen molar-refractivity contribution in [2.75, 3.05) is 18.6 Å². The van der Waals surface area contributed by atoms with Crippen LogP contribution in [0.15, 0.2) is 24.3 Å². The maximum absolute atomic E-state index is 13.6. The molecule has 0 fully saturated rings. The topological polar surface area (TPSA) is 29.5 Å². The first kappa shape index (κ1) is 30.1. The number of anilines is 1. The zero-order valence-electron chi connectivity index (χ0n) is 20.3. The van der Waals surface area contributed by atoms with Crippen molar-refractivity contribution in [1.29, 1.82) is 0 Å². The molecule has 0 aliphatic rings. The number of carbonyl (C=O) groups excluding carboxylic acids is 1. The second kappa shape index (κ2) is 10.3. The van der Waals surface area contributed by atoms with Gasteiger partial charge in [0.25, 0.3) is 0 Å². The molecule has 0 saturated carbocycles. The highest BCUT2D eigenvalue weighted by atomic mass is 19.4. The van der Waals surface area contributed by atoms with Crippen molar-refractivity contribution < 1.29 is 35.9 Å². The van der Waals surface area contributed by atoms with Crippen LogP contribution in [0.5, 0.6) is 0 Å². The number of nitrogens with zero attached hydrogens (tertiary/aromatic N) is 1. The van der Waals surface area contributed by atoms with Crippen LogP contribution in [0.1, 0.15) is 72.2 Å². The molecule has 3 nitrogen and oxygen atoms in total. The van der Waals surface area contributed by atoms with Gasteiger partial charge >= 0.3 is 18.3 Å². The van der Waals surface area contributed by atoms with Crippen molar-refractivity contribution in [2.24, 2.45) is 10.8 Å². The summed E-state index contributed by atoms with van der Waals surface area (Å²) in [6, 6.07) is 5.58. The van der Waals surface area contributed by atoms with E-state index in [0.29, 0.717) is 0 Å². The number of esters is 1. The third-order valence-electron chi connectivity index (χ3n) is 5.29. The number of hydrogen-bond acceptors (Lipinski definition) is 3. The van der Waals surface area contributed by atoms with Gasteiger partial charge in [-0.15, -0.1) is 0 Å². The van der Waals surface area contributed by atoms with Gasteiger partial charge in [-0.1, -0.05) is 27.7 Å². The molecule has 0 radical (unpaired) electrons. The Kier molecular flexibility index (Phi) is 9.71. The van der Waals surface area contributed by atoms with Crippen LogP contribution in [-0.2, 0) is 4.74 Å². The third kappa shape index (κ3) is 7.30. The normalized spacial score (nSPS) is 13.2. The lowest BCUT2D eigenvalue weighted by molar-refractivity contribution is -0.219. The van der Waals surface area contributed by atoms with E-state index in [1.165, 1.54) is 50.1 Å². The van der Waals surface area contributed by atoms with Crippen LogP contribution in [0.4, 0.5) is 32.0 Å². The Morgan fingerprint density at radius 1 is 0.812 bits per heavy atom. The van der Waals surface area contributed by atoms with Crippen LogP contribution < -0.4 is 4.90 Å². The maximum Gasteiger partial charge on any atom is 0.395 e. The molecule has 0 spiro atoms. The van der Waals surface area contributed by atoms with Gasteiger partial charge in [0, 0.05) is 17.8 Å². The zero-order chi connectivity index (χ0) is 25.8. The van der Waals surface area contributed by atoms with E-state index in [1.807, 2.05) is 13.8 Å². The van der Waals surface area contributed by atoms with Gasteiger partial charge in [-0.3, -0.25) is 0 Å². The van der Waals surface area contributed by atoms with Gasteiger partial charge in [0.2, 0.25) is 0 Å². The highest BCUT2D eigenvalue weighted by molar-refractivity contribution is 5.89. The van der Waals surface area contributed by atoms with Gasteiger partial charge in [-0.05, 0) is 58.4 Å². The largest absolute Gasteiger partial charge is 0.465 e. The van der Waals surface area contributed by atoms with Crippen molar-refractivity contribution in [3.63, 3.8) is 0 Å². The average Bonchev–Trinajstić information content (AvgIpc) is 2.64. The molecule has 1 aromatic carbocycles. The van der Waals surface area contributed by atoms with E-state index in [2.05, 4.69) is 4.74 Å². The molecule has 0 bridgehead atoms. The van der Waals surface area contributed by atoms with Crippen LogP contribution in [0.2, 0.25) is 0 Å². The summed E-state index contributed by atoms with van der Waals surface area (Å²) in [6.45, 7) is 10.5. The van der Waals surface area contributed by atoms with E-state index in [-0.39, 0.29) is 11.3 Å². The van der Waals surface area contributed by atoms with E-state index in [1.54, 1.807) is 0 Å². The van der Waals surface area contributed by atoms with Crippen LogP contribution in [0.25, 0.3) is 0 Å². The zero-order valence-corrected chi connectivity index (χ0v) is 20.3. The van der Waals surface area contributed by atoms with Crippen molar-refractivity contribution in [3.05, 3.63) is 29.8 Å². The summed E-state index contributed by atoms with van der Waals surface area (Å²) in [5.41, 5.74) is -5.13. The minimum atomic E-state index is -4.56. The Morgan fingerprint density at radius 2 is 1.22 bits per heavy atom. The standard InChI is InChI=1S/C21H29F6NO2.C2H6/c1-17(2,20(22,23)24)12-19(5,6)28(13-18(3,4)21(25,26)27)15-10-8-14(9-11-15)16(29)30-7;1-2/h8-11H,12-13H2,1-7H3;1-2H3. The van der Waals surface area contributed by atoms with Crippen molar-refractivity contribution in [3.8, 4) is 0 Å². The molecule has 0 heterocycles. The number of benzene rings is 1. The van der Waals surface area contributed by atoms with Crippen molar-refractivity contribution in [2.45, 2.75) is 79.7 Å². The Bertz CT molecular complexity index is 734. The fraction of sp³-hybridized carbons (Fsp3) is 0.696. The van der Waals surface area contributed by atoms with E-state index >= 15 is 0 Å². The fourth-order valence-electron chi connectivity index (χ4n) is 3.31. The Morgan fingerprint density at radius 3 is 1.56 bits per heavy atom. The molecule has 0 saturated heterocycles. The molecular weight excluding hydrogens is 436 g/mol. The molecule has 186 valence electrons. The van der Waals surface area contributed by atoms with E-state index in [0.717, 1.165) is 27.7 Å². The quantitative estimate of drug-likeness (QED) is 0.302. The first-order chi connectivity index (χ1) is 14.2. The summed E-state index contributed by atoms with van der Waals surface area (Å²) in [6.07, 6.45) is -9.52. The van der Waals surface area contributed by atoms with E-state index in [4.69, 9.17) is 0 Å². The first-order valence-electron chi connectivity index (χ1n) is 10.3. The molecular formula is C23H35F6NO2. The number of ether oxygens (including phenoxy) is 1. The van der Waals surface area contributed by atoms with Crippen LogP contribution in [-0.4, -0.2) is 37.5 Å². The fourth-order valence-corrected chi connectivity index (χ4v) is 3.31. The van der Waals surface area contributed by atoms with Crippen molar-refractivity contribution >= 4 is 11.7 Å². The Balaban J connectivity index is 0.00000466. The molecule has 1 rings (SSSR count). The lowest BCUT2D eigenvalue weighted by Crippen LogP contribution is -2.55. The number of carbonyl (C=O) groups is 1. The summed E-state index contributed by atoms with van der Waals surface area (Å²) in [5, 5.41) is 0. The summed E-state index contributed by atoms with van der Waals surface area (Å²) in [7, 11) is 1.19. The summed E-state index contributed by atoms with van der Waals surface area (Å²) >= 11 is 0. The van der Waals surface area contributed by atoms with Crippen LogP contribution in [0, 0.1) is 10.8 Å². The smallest absolute Gasteiger partial charge is 0.395 e. The van der Waals surface area contributed by atoms with Gasteiger partial charge < -0.3 is 9.64 Å². The summed E-state index contributed by atoms with van der Waals surface area (Å²) < 4.78 is 85.8. The first-order valence-corrected chi connectivity index (χ1v) is 10.3. The SMILES string of the molecule is CC.COC(=O)c1ccc(N(CC(C)(C)C(F)(F)F)C(C)(C)CC(C)(C)C(F)(F)F)cc1. The Labute approximate surface area is 187 Å². The lowest BCUT2D eigenvalue weighted by Gasteiger charge is -2.48. The molecule has 0 N–H and O–H groups in total. The molecule has 0 aliphatic carbocycles. The monoisotopic (exact) mass is 471 g/mol. The van der Waals surface area contributed by atoms with Gasteiger partial charge in [-0.2, -0.15) is 26.3 Å². The number of halogens is 6. The van der Waals surface area contributed by atoms with Gasteiger partial charge in [0.1, 0.15) is 0 Å². The van der Waals surface area contributed by atoms with Gasteiger partial charge in [0.05, 0.1) is 23.5 Å². The van der Waals surface area contributed by atoms with E-state index < -0.39 is 47.7 Å². The summed E-state index contributed by atoms with van der Waals surface area (Å²) in [4.78, 5) is 13.0. The predicted octanol–water partition coefficient (Wildman–Crippen LogP) is 7.65. The van der Waals surface area contributed by atoms with Gasteiger partial charge in [0.15, 0.2) is 0 Å². The van der Waals surface area contributed by atoms with Gasteiger partial charge in [-0.25, -0.2) is 4.79 Å². The van der Waals surface area contributed by atoms with E-state index in [9.17, 15) is 31.1 Å². The second-order valence-corrected chi connectivity index (χ2v) is 9.38. The third-order valence-corrected chi connectivity index (χ3v) is 5.29.